The molecule has 1 aromatic rings. The van der Waals surface area contributed by atoms with Gasteiger partial charge in [0.25, 0.3) is 0 Å². The minimum absolute atomic E-state index is 0.356. The maximum atomic E-state index is 9.30. The highest BCUT2D eigenvalue weighted by atomic mass is 16.3. The molecule has 0 spiro atoms. The van der Waals surface area contributed by atoms with E-state index >= 15 is 0 Å². The van der Waals surface area contributed by atoms with Crippen molar-refractivity contribution < 1.29 is 5.11 Å². The smallest absolute Gasteiger partial charge is 0.115 e. The predicted molar refractivity (Wildman–Crippen MR) is 80.3 cm³/mol. The van der Waals surface area contributed by atoms with Crippen LogP contribution in [0.15, 0.2) is 24.3 Å². The fraction of sp³-hybridized carbons (Fsp3) is 0.667. The third-order valence-corrected chi connectivity index (χ3v) is 6.07. The maximum absolute atomic E-state index is 9.30. The summed E-state index contributed by atoms with van der Waals surface area (Å²) in [7, 11) is 0. The summed E-state index contributed by atoms with van der Waals surface area (Å²) in [6.45, 7) is 2.12. The molecule has 0 amide bonds. The van der Waals surface area contributed by atoms with E-state index in [-0.39, 0.29) is 0 Å². The van der Waals surface area contributed by atoms with Gasteiger partial charge >= 0.3 is 0 Å². The molecule has 2 N–H and O–H groups in total. The highest BCUT2D eigenvalue weighted by molar-refractivity contribution is 5.25. The zero-order valence-electron chi connectivity index (χ0n) is 12.1. The van der Waals surface area contributed by atoms with Crippen LogP contribution in [0.1, 0.15) is 37.7 Å². The van der Waals surface area contributed by atoms with Gasteiger partial charge in [-0.15, -0.1) is 0 Å². The van der Waals surface area contributed by atoms with Crippen LogP contribution >= 0.6 is 0 Å². The first-order valence-corrected chi connectivity index (χ1v) is 8.26. The Morgan fingerprint density at radius 1 is 0.900 bits per heavy atom. The van der Waals surface area contributed by atoms with E-state index in [1.807, 2.05) is 12.1 Å². The topological polar surface area (TPSA) is 32.3 Å². The number of phenols is 1. The van der Waals surface area contributed by atoms with Gasteiger partial charge in [0.1, 0.15) is 5.75 Å². The van der Waals surface area contributed by atoms with Crippen molar-refractivity contribution in [3.8, 4) is 5.75 Å². The number of aromatic hydroxyl groups is 1. The quantitative estimate of drug-likeness (QED) is 0.877. The van der Waals surface area contributed by atoms with Gasteiger partial charge in [0.2, 0.25) is 0 Å². The monoisotopic (exact) mass is 271 g/mol. The van der Waals surface area contributed by atoms with Gasteiger partial charge in [0.05, 0.1) is 0 Å². The zero-order chi connectivity index (χ0) is 13.5. The molecule has 4 saturated carbocycles. The summed E-state index contributed by atoms with van der Waals surface area (Å²) < 4.78 is 0. The van der Waals surface area contributed by atoms with Gasteiger partial charge in [0, 0.05) is 6.54 Å². The minimum Gasteiger partial charge on any atom is -0.508 e. The fourth-order valence-electron chi connectivity index (χ4n) is 5.37. The lowest BCUT2D eigenvalue weighted by Crippen LogP contribution is -2.48. The van der Waals surface area contributed by atoms with Crippen molar-refractivity contribution in [3.63, 3.8) is 0 Å². The highest BCUT2D eigenvalue weighted by Crippen LogP contribution is 2.56. The number of hydrogen-bond donors (Lipinski definition) is 2. The molecule has 20 heavy (non-hydrogen) atoms. The summed E-state index contributed by atoms with van der Waals surface area (Å²) in [5.41, 5.74) is 1.27. The van der Waals surface area contributed by atoms with Crippen molar-refractivity contribution in [2.24, 2.45) is 29.6 Å². The fourth-order valence-corrected chi connectivity index (χ4v) is 5.37. The Morgan fingerprint density at radius 3 is 2.10 bits per heavy atom. The average Bonchev–Trinajstić information content (AvgIpc) is 2.43. The molecular weight excluding hydrogens is 246 g/mol. The summed E-state index contributed by atoms with van der Waals surface area (Å²) in [4.78, 5) is 0. The number of benzene rings is 1. The standard InChI is InChI=1S/C18H25NO/c20-17-3-1-12(2-4-17)10-19-11-18-15-6-13-5-14(8-15)9-16(18)7-13/h1-4,13-16,18-20H,5-11H2. The summed E-state index contributed by atoms with van der Waals surface area (Å²) >= 11 is 0. The molecular formula is C18H25NO. The van der Waals surface area contributed by atoms with Crippen LogP contribution in [0, 0.1) is 29.6 Å². The SMILES string of the molecule is Oc1ccc(CNCC2C3CC4CC(C3)CC2C4)cc1. The van der Waals surface area contributed by atoms with E-state index in [1.54, 1.807) is 18.6 Å². The van der Waals surface area contributed by atoms with Crippen molar-refractivity contribution in [1.82, 2.24) is 5.32 Å². The molecule has 0 heterocycles. The normalized spacial score (nSPS) is 38.3. The summed E-state index contributed by atoms with van der Waals surface area (Å²) in [5, 5.41) is 13.0. The van der Waals surface area contributed by atoms with E-state index in [9.17, 15) is 5.11 Å². The minimum atomic E-state index is 0.356. The second-order valence-corrected chi connectivity index (χ2v) is 7.39. The Kier molecular flexibility index (Phi) is 3.22. The lowest BCUT2D eigenvalue weighted by molar-refractivity contribution is -0.0355. The molecule has 2 heteroatoms. The van der Waals surface area contributed by atoms with Crippen LogP contribution < -0.4 is 5.32 Å². The molecule has 4 aliphatic rings. The average molecular weight is 271 g/mol. The number of nitrogens with one attached hydrogen (secondary N) is 1. The van der Waals surface area contributed by atoms with Crippen molar-refractivity contribution in [3.05, 3.63) is 29.8 Å². The van der Waals surface area contributed by atoms with Gasteiger partial charge in [-0.3, -0.25) is 0 Å². The van der Waals surface area contributed by atoms with Crippen molar-refractivity contribution in [1.29, 1.82) is 0 Å². The molecule has 0 saturated heterocycles. The van der Waals surface area contributed by atoms with E-state index in [1.165, 1.54) is 37.8 Å². The third-order valence-electron chi connectivity index (χ3n) is 6.07. The first-order valence-electron chi connectivity index (χ1n) is 8.26. The number of rotatable bonds is 4. The Balaban J connectivity index is 1.32. The molecule has 4 fully saturated rings. The molecule has 4 bridgehead atoms. The van der Waals surface area contributed by atoms with Crippen LogP contribution in [0.25, 0.3) is 0 Å². The first-order chi connectivity index (χ1) is 9.78. The molecule has 5 rings (SSSR count). The van der Waals surface area contributed by atoms with E-state index < -0.39 is 0 Å². The van der Waals surface area contributed by atoms with Gasteiger partial charge in [-0.1, -0.05) is 12.1 Å². The summed E-state index contributed by atoms with van der Waals surface area (Å²) in [6.07, 6.45) is 7.59. The van der Waals surface area contributed by atoms with Crippen LogP contribution in [0.5, 0.6) is 5.75 Å². The number of phenolic OH excluding ortho intramolecular Hbond substituents is 1. The van der Waals surface area contributed by atoms with Gasteiger partial charge in [-0.05, 0) is 85.9 Å². The van der Waals surface area contributed by atoms with E-state index in [0.29, 0.717) is 5.75 Å². The molecule has 0 aliphatic heterocycles. The van der Waals surface area contributed by atoms with Crippen molar-refractivity contribution in [2.75, 3.05) is 6.54 Å². The van der Waals surface area contributed by atoms with E-state index in [0.717, 1.165) is 36.1 Å². The molecule has 0 aromatic heterocycles. The summed E-state index contributed by atoms with van der Waals surface area (Å²) in [5.74, 6) is 5.46. The van der Waals surface area contributed by atoms with E-state index in [2.05, 4.69) is 5.32 Å². The number of hydrogen-bond acceptors (Lipinski definition) is 2. The van der Waals surface area contributed by atoms with Crippen molar-refractivity contribution >= 4 is 0 Å². The Bertz CT molecular complexity index is 439. The lowest BCUT2D eigenvalue weighted by Gasteiger charge is -2.54. The van der Waals surface area contributed by atoms with Gasteiger partial charge in [-0.25, -0.2) is 0 Å². The van der Waals surface area contributed by atoms with Crippen LogP contribution in [-0.4, -0.2) is 11.7 Å². The molecule has 108 valence electrons. The van der Waals surface area contributed by atoms with Crippen LogP contribution in [-0.2, 0) is 6.54 Å². The largest absolute Gasteiger partial charge is 0.508 e. The first kappa shape index (κ1) is 12.7. The van der Waals surface area contributed by atoms with E-state index in [4.69, 9.17) is 0 Å². The van der Waals surface area contributed by atoms with Gasteiger partial charge < -0.3 is 10.4 Å². The lowest BCUT2D eigenvalue weighted by atomic mass is 9.52. The second-order valence-electron chi connectivity index (χ2n) is 7.39. The molecule has 0 unspecified atom stereocenters. The Labute approximate surface area is 121 Å². The molecule has 0 radical (unpaired) electrons. The van der Waals surface area contributed by atoms with Gasteiger partial charge in [0.15, 0.2) is 0 Å². The molecule has 4 aliphatic carbocycles. The Hall–Kier alpha value is -1.02. The Morgan fingerprint density at radius 2 is 1.50 bits per heavy atom. The third kappa shape index (κ3) is 2.35. The van der Waals surface area contributed by atoms with Crippen LogP contribution in [0.4, 0.5) is 0 Å². The molecule has 2 nitrogen and oxygen atoms in total. The zero-order valence-corrected chi connectivity index (χ0v) is 12.1. The van der Waals surface area contributed by atoms with Crippen LogP contribution in [0.2, 0.25) is 0 Å². The second kappa shape index (κ2) is 5.07. The maximum Gasteiger partial charge on any atom is 0.115 e. The van der Waals surface area contributed by atoms with Gasteiger partial charge in [-0.2, -0.15) is 0 Å². The van der Waals surface area contributed by atoms with Crippen LogP contribution in [0.3, 0.4) is 0 Å². The molecule has 0 atom stereocenters. The predicted octanol–water partition coefficient (Wildman–Crippen LogP) is 3.55. The molecule has 1 aromatic carbocycles. The summed E-state index contributed by atoms with van der Waals surface area (Å²) in [6, 6.07) is 7.58. The van der Waals surface area contributed by atoms with Crippen molar-refractivity contribution in [2.45, 2.75) is 38.6 Å². The highest BCUT2D eigenvalue weighted by Gasteiger charge is 2.47.